The van der Waals surface area contributed by atoms with Crippen LogP contribution in [0.25, 0.3) is 10.8 Å². The molecule has 3 aromatic carbocycles. The molecule has 0 aromatic heterocycles. The van der Waals surface area contributed by atoms with Crippen molar-refractivity contribution in [3.8, 4) is 5.75 Å². The maximum absolute atomic E-state index is 13.1. The third-order valence-corrected chi connectivity index (χ3v) is 5.27. The fraction of sp³-hybridized carbons (Fsp3) is 0.217. The summed E-state index contributed by atoms with van der Waals surface area (Å²) in [6.07, 6.45) is 0. The van der Waals surface area contributed by atoms with Crippen LogP contribution >= 0.6 is 0 Å². The summed E-state index contributed by atoms with van der Waals surface area (Å²) in [4.78, 5) is 26.8. The van der Waals surface area contributed by atoms with Gasteiger partial charge in [-0.25, -0.2) is 4.79 Å². The van der Waals surface area contributed by atoms with Gasteiger partial charge in [0.05, 0.1) is 6.54 Å². The summed E-state index contributed by atoms with van der Waals surface area (Å²) in [5.74, 6) is 0.494. The van der Waals surface area contributed by atoms with E-state index in [1.54, 1.807) is 6.92 Å². The van der Waals surface area contributed by atoms with Crippen molar-refractivity contribution in [1.29, 1.82) is 0 Å². The second-order valence-corrected chi connectivity index (χ2v) is 7.19. The highest BCUT2D eigenvalue weighted by atomic mass is 16.5. The Morgan fingerprint density at radius 3 is 2.46 bits per heavy atom. The van der Waals surface area contributed by atoms with Crippen molar-refractivity contribution in [2.24, 2.45) is 0 Å². The number of aryl methyl sites for hydroxylation is 1. The Kier molecular flexibility index (Phi) is 4.51. The lowest BCUT2D eigenvalue weighted by Gasteiger charge is -2.23. The van der Waals surface area contributed by atoms with Gasteiger partial charge in [-0.2, -0.15) is 0 Å². The molecule has 28 heavy (non-hydrogen) atoms. The molecule has 1 aliphatic rings. The average Bonchev–Trinajstić information content (AvgIpc) is 2.93. The first-order valence-corrected chi connectivity index (χ1v) is 9.31. The van der Waals surface area contributed by atoms with Crippen LogP contribution in [0.3, 0.4) is 0 Å². The van der Waals surface area contributed by atoms with Gasteiger partial charge in [0, 0.05) is 0 Å². The zero-order valence-corrected chi connectivity index (χ0v) is 15.9. The third kappa shape index (κ3) is 3.09. The molecule has 5 nitrogen and oxygen atoms in total. The maximum Gasteiger partial charge on any atom is 0.325 e. The highest BCUT2D eigenvalue weighted by Crippen LogP contribution is 2.31. The molecular weight excluding hydrogens is 352 g/mol. The van der Waals surface area contributed by atoms with Gasteiger partial charge in [-0.3, -0.25) is 9.69 Å². The van der Waals surface area contributed by atoms with Crippen LogP contribution in [0.4, 0.5) is 4.79 Å². The van der Waals surface area contributed by atoms with Gasteiger partial charge in [0.2, 0.25) is 0 Å². The predicted octanol–water partition coefficient (Wildman–Crippen LogP) is 3.99. The average molecular weight is 374 g/mol. The van der Waals surface area contributed by atoms with E-state index in [1.807, 2.05) is 73.7 Å². The van der Waals surface area contributed by atoms with E-state index in [1.165, 1.54) is 4.90 Å². The number of urea groups is 1. The predicted molar refractivity (Wildman–Crippen MR) is 108 cm³/mol. The van der Waals surface area contributed by atoms with Crippen LogP contribution < -0.4 is 10.1 Å². The molecule has 0 saturated carbocycles. The van der Waals surface area contributed by atoms with Crippen LogP contribution in [0.15, 0.2) is 66.7 Å². The highest BCUT2D eigenvalue weighted by Gasteiger charge is 2.48. The monoisotopic (exact) mass is 374 g/mol. The normalized spacial score (nSPS) is 19.1. The van der Waals surface area contributed by atoms with E-state index in [2.05, 4.69) is 5.32 Å². The standard InChI is InChI=1S/C23H22N2O3/c1-16-7-3-6-10-20(16)28-14-13-25-21(26)23(2,24-22(25)27)19-12-11-17-8-4-5-9-18(17)15-19/h3-12,15H,13-14H2,1-2H3,(H,24,27). The number of hydrogen-bond acceptors (Lipinski definition) is 3. The molecule has 4 rings (SSSR count). The lowest BCUT2D eigenvalue weighted by molar-refractivity contribution is -0.131. The molecule has 1 aliphatic heterocycles. The fourth-order valence-electron chi connectivity index (χ4n) is 3.56. The van der Waals surface area contributed by atoms with Crippen molar-refractivity contribution in [2.45, 2.75) is 19.4 Å². The number of benzene rings is 3. The van der Waals surface area contributed by atoms with Crippen LogP contribution in [0, 0.1) is 6.92 Å². The summed E-state index contributed by atoms with van der Waals surface area (Å²) >= 11 is 0. The molecule has 1 N–H and O–H groups in total. The summed E-state index contributed by atoms with van der Waals surface area (Å²) in [6, 6.07) is 21.0. The number of amides is 3. The third-order valence-electron chi connectivity index (χ3n) is 5.27. The summed E-state index contributed by atoms with van der Waals surface area (Å²) in [7, 11) is 0. The first kappa shape index (κ1) is 18.0. The number of carbonyl (C=O) groups is 2. The number of rotatable bonds is 5. The van der Waals surface area contributed by atoms with Gasteiger partial charge < -0.3 is 10.1 Å². The van der Waals surface area contributed by atoms with Crippen LogP contribution in [-0.2, 0) is 10.3 Å². The summed E-state index contributed by atoms with van der Waals surface area (Å²) in [6.45, 7) is 4.15. The van der Waals surface area contributed by atoms with Gasteiger partial charge in [-0.15, -0.1) is 0 Å². The molecule has 1 saturated heterocycles. The molecule has 5 heteroatoms. The van der Waals surface area contributed by atoms with Gasteiger partial charge >= 0.3 is 6.03 Å². The number of ether oxygens (including phenoxy) is 1. The number of imide groups is 1. The molecular formula is C23H22N2O3. The highest BCUT2D eigenvalue weighted by molar-refractivity contribution is 6.07. The minimum absolute atomic E-state index is 0.197. The maximum atomic E-state index is 13.1. The lowest BCUT2D eigenvalue weighted by Crippen LogP contribution is -2.41. The minimum atomic E-state index is -1.08. The molecule has 0 spiro atoms. The van der Waals surface area contributed by atoms with E-state index in [0.29, 0.717) is 0 Å². The van der Waals surface area contributed by atoms with Crippen molar-refractivity contribution in [2.75, 3.05) is 13.2 Å². The SMILES string of the molecule is Cc1ccccc1OCCN1C(=O)NC(C)(c2ccc3ccccc3c2)C1=O. The van der Waals surface area contributed by atoms with E-state index >= 15 is 0 Å². The van der Waals surface area contributed by atoms with Crippen LogP contribution in [0.2, 0.25) is 0 Å². The molecule has 1 fully saturated rings. The zero-order valence-electron chi connectivity index (χ0n) is 15.9. The molecule has 0 bridgehead atoms. The van der Waals surface area contributed by atoms with E-state index in [4.69, 9.17) is 4.74 Å². The van der Waals surface area contributed by atoms with Crippen molar-refractivity contribution >= 4 is 22.7 Å². The van der Waals surface area contributed by atoms with Gasteiger partial charge in [-0.1, -0.05) is 54.6 Å². The molecule has 0 aliphatic carbocycles. The molecule has 3 amide bonds. The Balaban J connectivity index is 1.51. The minimum Gasteiger partial charge on any atom is -0.491 e. The van der Waals surface area contributed by atoms with Crippen molar-refractivity contribution < 1.29 is 14.3 Å². The smallest absolute Gasteiger partial charge is 0.325 e. The quantitative estimate of drug-likeness (QED) is 0.687. The number of para-hydroxylation sites is 1. The number of fused-ring (bicyclic) bond motifs is 1. The molecule has 1 heterocycles. The van der Waals surface area contributed by atoms with E-state index < -0.39 is 11.6 Å². The first-order valence-electron chi connectivity index (χ1n) is 9.31. The second kappa shape index (κ2) is 7.00. The van der Waals surface area contributed by atoms with Gasteiger partial charge in [0.25, 0.3) is 5.91 Å². The molecule has 3 aromatic rings. The first-order chi connectivity index (χ1) is 13.5. The summed E-state index contributed by atoms with van der Waals surface area (Å²) in [5, 5.41) is 4.98. The number of hydrogen-bond donors (Lipinski definition) is 1. The Labute approximate surface area is 163 Å². The van der Waals surface area contributed by atoms with Crippen molar-refractivity contribution in [3.63, 3.8) is 0 Å². The number of nitrogens with zero attached hydrogens (tertiary/aromatic N) is 1. The number of carbonyl (C=O) groups excluding carboxylic acids is 2. The van der Waals surface area contributed by atoms with Gasteiger partial charge in [-0.05, 0) is 47.9 Å². The van der Waals surface area contributed by atoms with Crippen LogP contribution in [-0.4, -0.2) is 30.0 Å². The van der Waals surface area contributed by atoms with Crippen LogP contribution in [0.5, 0.6) is 5.75 Å². The molecule has 142 valence electrons. The fourth-order valence-corrected chi connectivity index (χ4v) is 3.56. The Bertz CT molecular complexity index is 1060. The van der Waals surface area contributed by atoms with Gasteiger partial charge in [0.1, 0.15) is 17.9 Å². The lowest BCUT2D eigenvalue weighted by atomic mass is 9.90. The van der Waals surface area contributed by atoms with E-state index in [9.17, 15) is 9.59 Å². The van der Waals surface area contributed by atoms with Crippen molar-refractivity contribution in [1.82, 2.24) is 10.2 Å². The zero-order chi connectivity index (χ0) is 19.7. The van der Waals surface area contributed by atoms with Crippen molar-refractivity contribution in [3.05, 3.63) is 77.9 Å². The molecule has 1 unspecified atom stereocenters. The molecule has 0 radical (unpaired) electrons. The Morgan fingerprint density at radius 2 is 1.68 bits per heavy atom. The van der Waals surface area contributed by atoms with Crippen LogP contribution in [0.1, 0.15) is 18.1 Å². The topological polar surface area (TPSA) is 58.6 Å². The van der Waals surface area contributed by atoms with E-state index in [-0.39, 0.29) is 19.1 Å². The van der Waals surface area contributed by atoms with Gasteiger partial charge in [0.15, 0.2) is 0 Å². The number of nitrogens with one attached hydrogen (secondary N) is 1. The Hall–Kier alpha value is -3.34. The second-order valence-electron chi connectivity index (χ2n) is 7.19. The molecule has 1 atom stereocenters. The summed E-state index contributed by atoms with van der Waals surface area (Å²) < 4.78 is 5.75. The summed E-state index contributed by atoms with van der Waals surface area (Å²) in [5.41, 5.74) is 0.705. The van der Waals surface area contributed by atoms with E-state index in [0.717, 1.165) is 27.6 Å². The largest absolute Gasteiger partial charge is 0.491 e. The Morgan fingerprint density at radius 1 is 0.964 bits per heavy atom.